The van der Waals surface area contributed by atoms with Crippen molar-refractivity contribution in [3.63, 3.8) is 0 Å². The van der Waals surface area contributed by atoms with E-state index in [1.165, 1.54) is 7.11 Å². The summed E-state index contributed by atoms with van der Waals surface area (Å²) in [4.78, 5) is 11.3. The van der Waals surface area contributed by atoms with Gasteiger partial charge in [-0.3, -0.25) is 4.79 Å². The summed E-state index contributed by atoms with van der Waals surface area (Å²) < 4.78 is 4.67. The summed E-state index contributed by atoms with van der Waals surface area (Å²) in [6.45, 7) is 3.95. The lowest BCUT2D eigenvalue weighted by Crippen LogP contribution is -2.20. The molecule has 1 fully saturated rings. The van der Waals surface area contributed by atoms with Gasteiger partial charge in [0.05, 0.1) is 7.11 Å². The number of hydrogen-bond donors (Lipinski definition) is 0. The summed E-state index contributed by atoms with van der Waals surface area (Å²) in [5, 5.41) is 2.26. The van der Waals surface area contributed by atoms with Crippen LogP contribution in [0.4, 0.5) is 0 Å². The molecule has 0 N–H and O–H groups in total. The molecule has 1 aliphatic carbocycles. The number of carbonyl (C=O) groups is 1. The lowest BCUT2D eigenvalue weighted by Gasteiger charge is -2.09. The Morgan fingerprint density at radius 3 is 2.33 bits per heavy atom. The van der Waals surface area contributed by atoms with E-state index in [9.17, 15) is 4.79 Å². The Hall–Kier alpha value is -0.680. The first-order valence-electron chi connectivity index (χ1n) is 3.71. The van der Waals surface area contributed by atoms with Crippen molar-refractivity contribution in [2.24, 2.45) is 10.8 Å². The highest BCUT2D eigenvalue weighted by Gasteiger charge is 2.67. The minimum absolute atomic E-state index is 0.0953. The highest BCUT2D eigenvalue weighted by atomic mass is 35.5. The van der Waals surface area contributed by atoms with E-state index in [0.717, 1.165) is 6.42 Å². The summed E-state index contributed by atoms with van der Waals surface area (Å²) in [6.07, 6.45) is 0.729. The quantitative estimate of drug-likeness (QED) is 0.461. The fourth-order valence-electron chi connectivity index (χ4n) is 1.49. The van der Waals surface area contributed by atoms with Crippen molar-refractivity contribution in [3.05, 3.63) is 0 Å². The van der Waals surface area contributed by atoms with E-state index < -0.39 is 5.41 Å². The molecule has 0 saturated heterocycles. The molecule has 1 rings (SSSR count). The minimum atomic E-state index is -0.649. The number of halogens is 1. The maximum absolute atomic E-state index is 11.3. The van der Waals surface area contributed by atoms with Crippen molar-refractivity contribution in [2.45, 2.75) is 20.3 Å². The molecule has 0 bridgehead atoms. The normalized spacial score (nSPS) is 30.0. The smallest absolute Gasteiger partial charge is 0.324 e. The van der Waals surface area contributed by atoms with Crippen molar-refractivity contribution >= 4 is 17.6 Å². The first-order valence-corrected chi connectivity index (χ1v) is 4.09. The van der Waals surface area contributed by atoms with Crippen LogP contribution in [0.15, 0.2) is 0 Å². The van der Waals surface area contributed by atoms with E-state index >= 15 is 0 Å². The Bertz CT molecular complexity index is 272. The van der Waals surface area contributed by atoms with Crippen LogP contribution in [0.25, 0.3) is 0 Å². The lowest BCUT2D eigenvalue weighted by molar-refractivity contribution is -0.145. The number of hydrogen-bond acceptors (Lipinski definition) is 2. The zero-order chi connectivity index (χ0) is 9.41. The number of ether oxygens (including phenoxy) is 1. The molecule has 0 aromatic heterocycles. The Balaban J connectivity index is 2.92. The predicted octanol–water partition coefficient (Wildman–Crippen LogP) is 1.78. The predicted molar refractivity (Wildman–Crippen MR) is 46.5 cm³/mol. The zero-order valence-electron chi connectivity index (χ0n) is 7.40. The Labute approximate surface area is 77.2 Å². The molecule has 0 aliphatic heterocycles. The number of rotatable bonds is 1. The first kappa shape index (κ1) is 9.41. The number of methoxy groups -OCH3 is 1. The third kappa shape index (κ3) is 1.09. The van der Waals surface area contributed by atoms with Crippen LogP contribution in [0, 0.1) is 22.1 Å². The van der Waals surface area contributed by atoms with Gasteiger partial charge >= 0.3 is 5.97 Å². The molecule has 12 heavy (non-hydrogen) atoms. The Morgan fingerprint density at radius 2 is 2.08 bits per heavy atom. The maximum Gasteiger partial charge on any atom is 0.324 e. The van der Waals surface area contributed by atoms with Crippen LogP contribution in [0.2, 0.25) is 0 Å². The van der Waals surface area contributed by atoms with Crippen molar-refractivity contribution in [3.8, 4) is 11.3 Å². The average Bonchev–Trinajstić information content (AvgIpc) is 2.54. The van der Waals surface area contributed by atoms with Crippen molar-refractivity contribution in [1.82, 2.24) is 0 Å². The second-order valence-electron chi connectivity index (χ2n) is 3.68. The molecular formula is C9H11ClO2. The third-order valence-electron chi connectivity index (χ3n) is 2.53. The van der Waals surface area contributed by atoms with Crippen molar-refractivity contribution in [2.75, 3.05) is 7.11 Å². The van der Waals surface area contributed by atoms with Gasteiger partial charge in [-0.25, -0.2) is 0 Å². The van der Waals surface area contributed by atoms with E-state index in [1.54, 1.807) is 0 Å². The molecule has 66 valence electrons. The second-order valence-corrected chi connectivity index (χ2v) is 3.87. The molecule has 0 aromatic carbocycles. The number of esters is 1. The van der Waals surface area contributed by atoms with Gasteiger partial charge in [0.1, 0.15) is 5.41 Å². The van der Waals surface area contributed by atoms with Gasteiger partial charge in [0.15, 0.2) is 0 Å². The van der Waals surface area contributed by atoms with Crippen LogP contribution in [0.1, 0.15) is 20.3 Å². The van der Waals surface area contributed by atoms with Gasteiger partial charge in [-0.05, 0) is 23.4 Å². The molecule has 0 heterocycles. The minimum Gasteiger partial charge on any atom is -0.468 e. The van der Waals surface area contributed by atoms with Gasteiger partial charge in [-0.2, -0.15) is 0 Å². The summed E-state index contributed by atoms with van der Waals surface area (Å²) in [5.41, 5.74) is -0.745. The van der Waals surface area contributed by atoms with Gasteiger partial charge in [-0.15, -0.1) is 0 Å². The van der Waals surface area contributed by atoms with Gasteiger partial charge in [0.25, 0.3) is 0 Å². The van der Waals surface area contributed by atoms with Gasteiger partial charge < -0.3 is 4.74 Å². The first-order chi connectivity index (χ1) is 5.50. The van der Waals surface area contributed by atoms with E-state index in [0.29, 0.717) is 0 Å². The molecule has 0 aromatic rings. The maximum atomic E-state index is 11.3. The number of carbonyl (C=O) groups excluding carboxylic acids is 1. The molecule has 0 amide bonds. The Morgan fingerprint density at radius 1 is 1.58 bits per heavy atom. The lowest BCUT2D eigenvalue weighted by atomic mass is 9.97. The van der Waals surface area contributed by atoms with Crippen LogP contribution in [0.5, 0.6) is 0 Å². The molecule has 0 radical (unpaired) electrons. The SMILES string of the molecule is COC(=O)C1(C#CCl)CC1(C)C. The monoisotopic (exact) mass is 186 g/mol. The van der Waals surface area contributed by atoms with Crippen LogP contribution in [-0.2, 0) is 9.53 Å². The topological polar surface area (TPSA) is 26.3 Å². The second kappa shape index (κ2) is 2.67. The molecule has 1 unspecified atom stereocenters. The summed E-state index contributed by atoms with van der Waals surface area (Å²) in [6, 6.07) is 0. The summed E-state index contributed by atoms with van der Waals surface area (Å²) >= 11 is 5.29. The van der Waals surface area contributed by atoms with Crippen LogP contribution in [-0.4, -0.2) is 13.1 Å². The van der Waals surface area contributed by atoms with Crippen LogP contribution < -0.4 is 0 Å². The van der Waals surface area contributed by atoms with Crippen molar-refractivity contribution in [1.29, 1.82) is 0 Å². The highest BCUT2D eigenvalue weighted by Crippen LogP contribution is 2.63. The largest absolute Gasteiger partial charge is 0.468 e. The molecule has 1 atom stereocenters. The fourth-order valence-corrected chi connectivity index (χ4v) is 1.65. The standard InChI is InChI=1S/C9H11ClO2/c1-8(2)6-9(8,4-5-10)7(11)12-3/h6H2,1-3H3. The Kier molecular flexibility index (Phi) is 2.09. The summed E-state index contributed by atoms with van der Waals surface area (Å²) in [5.74, 6) is 2.44. The molecule has 2 nitrogen and oxygen atoms in total. The average molecular weight is 187 g/mol. The van der Waals surface area contributed by atoms with Crippen molar-refractivity contribution < 1.29 is 9.53 Å². The van der Waals surface area contributed by atoms with Crippen LogP contribution in [0.3, 0.4) is 0 Å². The van der Waals surface area contributed by atoms with E-state index in [1.807, 2.05) is 13.8 Å². The van der Waals surface area contributed by atoms with E-state index in [4.69, 9.17) is 11.6 Å². The van der Waals surface area contributed by atoms with Crippen LogP contribution >= 0.6 is 11.6 Å². The van der Waals surface area contributed by atoms with Gasteiger partial charge in [0, 0.05) is 5.38 Å². The molecule has 1 saturated carbocycles. The molecule has 0 spiro atoms. The van der Waals surface area contributed by atoms with Gasteiger partial charge in [-0.1, -0.05) is 19.8 Å². The molecular weight excluding hydrogens is 176 g/mol. The van der Waals surface area contributed by atoms with Gasteiger partial charge in [0.2, 0.25) is 0 Å². The van der Waals surface area contributed by atoms with E-state index in [2.05, 4.69) is 16.0 Å². The fraction of sp³-hybridized carbons (Fsp3) is 0.667. The third-order valence-corrected chi connectivity index (χ3v) is 2.63. The molecule has 3 heteroatoms. The molecule has 1 aliphatic rings. The highest BCUT2D eigenvalue weighted by molar-refractivity contribution is 6.30. The summed E-state index contributed by atoms with van der Waals surface area (Å²) in [7, 11) is 1.37. The van der Waals surface area contributed by atoms with E-state index in [-0.39, 0.29) is 11.4 Å². The zero-order valence-corrected chi connectivity index (χ0v) is 8.16.